The number of pyridine rings is 1. The maximum absolute atomic E-state index is 5.60. The number of hydrogen-bond acceptors (Lipinski definition) is 2. The minimum Gasteiger partial charge on any atom is -0.372 e. The third-order valence-corrected chi connectivity index (χ3v) is 2.91. The molecular weight excluding hydrogens is 186 g/mol. The van der Waals surface area contributed by atoms with Gasteiger partial charge in [-0.3, -0.25) is 4.98 Å². The van der Waals surface area contributed by atoms with E-state index in [0.717, 1.165) is 25.1 Å². The Bertz CT molecular complexity index is 317. The normalized spacial score (nSPS) is 21.9. The molecule has 0 N–H and O–H groups in total. The van der Waals surface area contributed by atoms with Crippen molar-refractivity contribution in [3.8, 4) is 0 Å². The Morgan fingerprint density at radius 3 is 2.60 bits per heavy atom. The first-order chi connectivity index (χ1) is 7.07. The summed E-state index contributed by atoms with van der Waals surface area (Å²) in [7, 11) is 0. The van der Waals surface area contributed by atoms with Crippen molar-refractivity contribution < 1.29 is 4.74 Å². The summed E-state index contributed by atoms with van der Waals surface area (Å²) in [6, 6.07) is 4.28. The Balaban J connectivity index is 2.16. The third-order valence-electron chi connectivity index (χ3n) is 2.91. The van der Waals surface area contributed by atoms with Crippen LogP contribution in [0.3, 0.4) is 0 Å². The van der Waals surface area contributed by atoms with Crippen molar-refractivity contribution >= 4 is 0 Å². The lowest BCUT2D eigenvalue weighted by molar-refractivity contribution is 0.108. The Kier molecular flexibility index (Phi) is 2.79. The molecular formula is C13H19NO. The van der Waals surface area contributed by atoms with Crippen LogP contribution < -0.4 is 0 Å². The zero-order valence-electron chi connectivity index (χ0n) is 9.79. The van der Waals surface area contributed by atoms with Gasteiger partial charge in [-0.05, 0) is 29.9 Å². The van der Waals surface area contributed by atoms with Crippen molar-refractivity contribution in [2.24, 2.45) is 0 Å². The SMILES string of the molecule is CC(C)(C)c1ccc(C2CCCO2)nc1. The van der Waals surface area contributed by atoms with Crippen LogP contribution in [0.25, 0.3) is 0 Å². The van der Waals surface area contributed by atoms with Gasteiger partial charge >= 0.3 is 0 Å². The van der Waals surface area contributed by atoms with Gasteiger partial charge in [-0.1, -0.05) is 26.8 Å². The molecule has 1 saturated heterocycles. The van der Waals surface area contributed by atoms with Gasteiger partial charge in [0.25, 0.3) is 0 Å². The highest BCUT2D eigenvalue weighted by Gasteiger charge is 2.20. The molecule has 2 heteroatoms. The molecule has 82 valence electrons. The van der Waals surface area contributed by atoms with Crippen molar-refractivity contribution in [1.29, 1.82) is 0 Å². The summed E-state index contributed by atoms with van der Waals surface area (Å²) in [5, 5.41) is 0. The molecule has 1 unspecified atom stereocenters. The minimum absolute atomic E-state index is 0.183. The van der Waals surface area contributed by atoms with E-state index in [1.165, 1.54) is 5.56 Å². The molecule has 0 amide bonds. The lowest BCUT2D eigenvalue weighted by Gasteiger charge is -2.19. The first-order valence-corrected chi connectivity index (χ1v) is 5.65. The topological polar surface area (TPSA) is 22.1 Å². The van der Waals surface area contributed by atoms with Gasteiger partial charge < -0.3 is 4.74 Å². The zero-order chi connectivity index (χ0) is 10.9. The predicted octanol–water partition coefficient (Wildman–Crippen LogP) is 3.23. The van der Waals surface area contributed by atoms with Crippen LogP contribution in [0.2, 0.25) is 0 Å². The Morgan fingerprint density at radius 2 is 2.13 bits per heavy atom. The van der Waals surface area contributed by atoms with Crippen LogP contribution in [0.4, 0.5) is 0 Å². The molecule has 1 atom stereocenters. The highest BCUT2D eigenvalue weighted by molar-refractivity contribution is 5.22. The molecule has 0 radical (unpaired) electrons. The van der Waals surface area contributed by atoms with Crippen molar-refractivity contribution in [3.63, 3.8) is 0 Å². The van der Waals surface area contributed by atoms with Crippen molar-refractivity contribution in [2.45, 2.75) is 45.1 Å². The lowest BCUT2D eigenvalue weighted by atomic mass is 9.88. The van der Waals surface area contributed by atoms with Crippen LogP contribution in [-0.4, -0.2) is 11.6 Å². The Labute approximate surface area is 91.7 Å². The number of hydrogen-bond donors (Lipinski definition) is 0. The van der Waals surface area contributed by atoms with Crippen LogP contribution in [0.1, 0.15) is 51.0 Å². The molecule has 1 aromatic heterocycles. The van der Waals surface area contributed by atoms with E-state index < -0.39 is 0 Å². The molecule has 1 aliphatic rings. The van der Waals surface area contributed by atoms with Crippen molar-refractivity contribution in [2.75, 3.05) is 6.61 Å². The number of ether oxygens (including phenoxy) is 1. The van der Waals surface area contributed by atoms with E-state index in [4.69, 9.17) is 4.74 Å². The van der Waals surface area contributed by atoms with Gasteiger partial charge in [0.05, 0.1) is 11.8 Å². The van der Waals surface area contributed by atoms with E-state index in [-0.39, 0.29) is 11.5 Å². The minimum atomic E-state index is 0.183. The molecule has 0 saturated carbocycles. The van der Waals surface area contributed by atoms with E-state index >= 15 is 0 Å². The molecule has 0 spiro atoms. The average Bonchev–Trinajstić information content (AvgIpc) is 2.69. The van der Waals surface area contributed by atoms with Crippen LogP contribution >= 0.6 is 0 Å². The number of nitrogens with zero attached hydrogens (tertiary/aromatic N) is 1. The monoisotopic (exact) mass is 205 g/mol. The first kappa shape index (κ1) is 10.6. The van der Waals surface area contributed by atoms with Gasteiger partial charge in [-0.25, -0.2) is 0 Å². The quantitative estimate of drug-likeness (QED) is 0.702. The predicted molar refractivity (Wildman–Crippen MR) is 60.9 cm³/mol. The average molecular weight is 205 g/mol. The number of rotatable bonds is 1. The summed E-state index contributed by atoms with van der Waals surface area (Å²) in [6.07, 6.45) is 4.49. The highest BCUT2D eigenvalue weighted by atomic mass is 16.5. The van der Waals surface area contributed by atoms with E-state index in [0.29, 0.717) is 0 Å². The van der Waals surface area contributed by atoms with Crippen LogP contribution in [0, 0.1) is 0 Å². The third kappa shape index (κ3) is 2.37. The zero-order valence-corrected chi connectivity index (χ0v) is 9.79. The summed E-state index contributed by atoms with van der Waals surface area (Å²) in [5.74, 6) is 0. The van der Waals surface area contributed by atoms with Gasteiger partial charge in [0.15, 0.2) is 0 Å². The van der Waals surface area contributed by atoms with Crippen molar-refractivity contribution in [3.05, 3.63) is 29.6 Å². The van der Waals surface area contributed by atoms with E-state index in [1.54, 1.807) is 0 Å². The summed E-state index contributed by atoms with van der Waals surface area (Å²) in [6.45, 7) is 7.49. The second kappa shape index (κ2) is 3.93. The number of aromatic nitrogens is 1. The maximum atomic E-state index is 5.60. The van der Waals surface area contributed by atoms with E-state index in [2.05, 4.69) is 37.9 Å². The molecule has 15 heavy (non-hydrogen) atoms. The molecule has 1 aromatic rings. The smallest absolute Gasteiger partial charge is 0.0995 e. The summed E-state index contributed by atoms with van der Waals surface area (Å²) >= 11 is 0. The van der Waals surface area contributed by atoms with Gasteiger partial charge in [0.1, 0.15) is 0 Å². The van der Waals surface area contributed by atoms with Crippen LogP contribution in [0.15, 0.2) is 18.3 Å². The van der Waals surface area contributed by atoms with Crippen LogP contribution in [-0.2, 0) is 10.2 Å². The highest BCUT2D eigenvalue weighted by Crippen LogP contribution is 2.28. The molecule has 2 heterocycles. The Morgan fingerprint density at radius 1 is 1.33 bits per heavy atom. The summed E-state index contributed by atoms with van der Waals surface area (Å²) in [4.78, 5) is 4.50. The second-order valence-corrected chi connectivity index (χ2v) is 5.22. The molecule has 1 fully saturated rings. The van der Waals surface area contributed by atoms with Gasteiger partial charge in [0.2, 0.25) is 0 Å². The molecule has 0 aliphatic carbocycles. The van der Waals surface area contributed by atoms with E-state index in [1.807, 2.05) is 6.20 Å². The fourth-order valence-corrected chi connectivity index (χ4v) is 1.85. The molecule has 1 aliphatic heterocycles. The fraction of sp³-hybridized carbons (Fsp3) is 0.615. The Hall–Kier alpha value is -0.890. The lowest BCUT2D eigenvalue weighted by Crippen LogP contribution is -2.12. The summed E-state index contributed by atoms with van der Waals surface area (Å²) in [5.41, 5.74) is 2.55. The fourth-order valence-electron chi connectivity index (χ4n) is 1.85. The standard InChI is InChI=1S/C13H19NO/c1-13(2,3)10-6-7-11(14-9-10)12-5-4-8-15-12/h6-7,9,12H,4-5,8H2,1-3H3. The molecule has 2 nitrogen and oxygen atoms in total. The molecule has 0 bridgehead atoms. The van der Waals surface area contributed by atoms with Gasteiger partial charge in [0, 0.05) is 12.8 Å². The maximum Gasteiger partial charge on any atom is 0.0995 e. The largest absolute Gasteiger partial charge is 0.372 e. The molecule has 0 aromatic carbocycles. The van der Waals surface area contributed by atoms with Gasteiger partial charge in [-0.2, -0.15) is 0 Å². The van der Waals surface area contributed by atoms with Crippen LogP contribution in [0.5, 0.6) is 0 Å². The summed E-state index contributed by atoms with van der Waals surface area (Å²) < 4.78 is 5.60. The second-order valence-electron chi connectivity index (χ2n) is 5.22. The first-order valence-electron chi connectivity index (χ1n) is 5.65. The van der Waals surface area contributed by atoms with E-state index in [9.17, 15) is 0 Å². The van der Waals surface area contributed by atoms with Crippen molar-refractivity contribution in [1.82, 2.24) is 4.98 Å². The molecule has 2 rings (SSSR count). The van der Waals surface area contributed by atoms with Gasteiger partial charge in [-0.15, -0.1) is 0 Å².